The summed E-state index contributed by atoms with van der Waals surface area (Å²) in [5.41, 5.74) is 14.6. The summed E-state index contributed by atoms with van der Waals surface area (Å²) in [5, 5.41) is 7.35. The standard InChI is InChI=1S/C35H41N5O2S/c1-24-22-43-23-31(24)29-18-30(34(36)37-19-29)35(41)38-32-4-3-5-33(32)42-21-26-8-12-28(13-9-26)27-10-6-25(7-11-27)20-40-16-14-39(2)15-17-40/h6-13,18-19,22-23,32-33H,3-5,14-17,20-21H2,1-2H3,(H2,36,37)(H,38,41)/t32-,33-/m0/s1. The highest BCUT2D eigenvalue weighted by molar-refractivity contribution is 7.08. The van der Waals surface area contributed by atoms with Crippen molar-refractivity contribution in [2.24, 2.45) is 0 Å². The zero-order valence-corrected chi connectivity index (χ0v) is 25.9. The lowest BCUT2D eigenvalue weighted by molar-refractivity contribution is 0.0272. The Labute approximate surface area is 258 Å². The third kappa shape index (κ3) is 7.16. The largest absolute Gasteiger partial charge is 0.383 e. The molecule has 2 aromatic carbocycles. The van der Waals surface area contributed by atoms with E-state index < -0.39 is 0 Å². The van der Waals surface area contributed by atoms with Crippen LogP contribution in [0.4, 0.5) is 5.82 Å². The van der Waals surface area contributed by atoms with Crippen LogP contribution in [0.3, 0.4) is 0 Å². The molecule has 0 spiro atoms. The minimum Gasteiger partial charge on any atom is -0.383 e. The Bertz CT molecular complexity index is 1530. The van der Waals surface area contributed by atoms with E-state index in [1.807, 2.05) is 6.07 Å². The van der Waals surface area contributed by atoms with Crippen LogP contribution in [-0.2, 0) is 17.9 Å². The van der Waals surface area contributed by atoms with Crippen molar-refractivity contribution in [1.82, 2.24) is 20.1 Å². The Morgan fingerprint density at radius 1 is 0.977 bits per heavy atom. The van der Waals surface area contributed by atoms with Crippen LogP contribution in [0.25, 0.3) is 22.3 Å². The molecule has 2 aromatic heterocycles. The molecule has 224 valence electrons. The van der Waals surface area contributed by atoms with Crippen molar-refractivity contribution in [1.29, 1.82) is 0 Å². The van der Waals surface area contributed by atoms with Crippen molar-refractivity contribution < 1.29 is 9.53 Å². The van der Waals surface area contributed by atoms with Gasteiger partial charge in [0.25, 0.3) is 5.91 Å². The number of hydrogen-bond donors (Lipinski definition) is 2. The summed E-state index contributed by atoms with van der Waals surface area (Å²) >= 11 is 1.64. The van der Waals surface area contributed by atoms with Gasteiger partial charge in [0.15, 0.2) is 0 Å². The van der Waals surface area contributed by atoms with E-state index >= 15 is 0 Å². The van der Waals surface area contributed by atoms with Crippen molar-refractivity contribution in [2.75, 3.05) is 39.0 Å². The summed E-state index contributed by atoms with van der Waals surface area (Å²) in [5.74, 6) is 0.0495. The molecule has 2 aliphatic rings. The first kappa shape index (κ1) is 29.5. The van der Waals surface area contributed by atoms with Crippen molar-refractivity contribution in [3.63, 3.8) is 0 Å². The maximum absolute atomic E-state index is 13.3. The van der Waals surface area contributed by atoms with E-state index in [1.165, 1.54) is 16.7 Å². The Hall–Kier alpha value is -3.56. The second kappa shape index (κ2) is 13.4. The first-order valence-corrected chi connectivity index (χ1v) is 16.2. The molecular weight excluding hydrogens is 554 g/mol. The third-order valence-electron chi connectivity index (χ3n) is 8.81. The van der Waals surface area contributed by atoms with Crippen molar-refractivity contribution >= 4 is 23.1 Å². The van der Waals surface area contributed by atoms with E-state index in [0.717, 1.165) is 74.2 Å². The monoisotopic (exact) mass is 595 g/mol. The average molecular weight is 596 g/mol. The van der Waals surface area contributed by atoms with Gasteiger partial charge in [-0.15, -0.1) is 0 Å². The minimum absolute atomic E-state index is 0.0343. The number of thiophene rings is 1. The molecule has 1 aliphatic carbocycles. The number of nitrogens with one attached hydrogen (secondary N) is 1. The number of carbonyl (C=O) groups excluding carboxylic acids is 1. The van der Waals surface area contributed by atoms with E-state index in [-0.39, 0.29) is 23.9 Å². The predicted molar refractivity (Wildman–Crippen MR) is 175 cm³/mol. The number of likely N-dealkylation sites (N-methyl/N-ethyl adjacent to an activating group) is 1. The summed E-state index contributed by atoms with van der Waals surface area (Å²) < 4.78 is 6.34. The van der Waals surface area contributed by atoms with E-state index in [2.05, 4.69) is 93.4 Å². The maximum atomic E-state index is 13.3. The molecule has 7 nitrogen and oxygen atoms in total. The number of hydrogen-bond acceptors (Lipinski definition) is 7. The number of rotatable bonds is 9. The Kier molecular flexibility index (Phi) is 9.19. The molecule has 1 amide bonds. The van der Waals surface area contributed by atoms with Crippen molar-refractivity contribution in [3.8, 4) is 22.3 Å². The predicted octanol–water partition coefficient (Wildman–Crippen LogP) is 5.98. The van der Waals surface area contributed by atoms with Gasteiger partial charge in [0.1, 0.15) is 5.82 Å². The average Bonchev–Trinajstić information content (AvgIpc) is 3.66. The molecule has 8 heteroatoms. The summed E-state index contributed by atoms with van der Waals surface area (Å²) in [6, 6.07) is 19.4. The van der Waals surface area contributed by atoms with Crippen LogP contribution in [0, 0.1) is 6.92 Å². The Morgan fingerprint density at radius 2 is 1.67 bits per heavy atom. The third-order valence-corrected chi connectivity index (χ3v) is 9.67. The van der Waals surface area contributed by atoms with E-state index in [9.17, 15) is 4.79 Å². The molecule has 0 unspecified atom stereocenters. The Morgan fingerprint density at radius 3 is 2.35 bits per heavy atom. The molecule has 1 saturated heterocycles. The van der Waals surface area contributed by atoms with E-state index in [0.29, 0.717) is 12.2 Å². The SMILES string of the molecule is Cc1cscc1-c1cnc(N)c(C(=O)N[C@H]2CCC[C@@H]2OCc2ccc(-c3ccc(CN4CCN(C)CC4)cc3)cc2)c1. The van der Waals surface area contributed by atoms with Crippen LogP contribution >= 0.6 is 11.3 Å². The molecule has 2 atom stereocenters. The fraction of sp³-hybridized carbons (Fsp3) is 0.371. The number of amides is 1. The zero-order chi connectivity index (χ0) is 29.8. The number of aromatic nitrogens is 1. The molecule has 0 bridgehead atoms. The van der Waals surface area contributed by atoms with Gasteiger partial charge < -0.3 is 20.7 Å². The van der Waals surface area contributed by atoms with Gasteiger partial charge in [-0.05, 0) is 83.4 Å². The first-order valence-electron chi connectivity index (χ1n) is 15.2. The quantitative estimate of drug-likeness (QED) is 0.248. The smallest absolute Gasteiger partial charge is 0.255 e. The number of aryl methyl sites for hydroxylation is 1. The molecule has 6 rings (SSSR count). The lowest BCUT2D eigenvalue weighted by Crippen LogP contribution is -2.43. The number of nitrogens with zero attached hydrogens (tertiary/aromatic N) is 3. The first-order chi connectivity index (χ1) is 20.9. The van der Waals surface area contributed by atoms with Gasteiger partial charge in [0, 0.05) is 44.5 Å². The van der Waals surface area contributed by atoms with Crippen molar-refractivity contribution in [3.05, 3.63) is 93.8 Å². The number of nitrogen functional groups attached to an aromatic ring is 1. The van der Waals surface area contributed by atoms with Gasteiger partial charge in [-0.3, -0.25) is 9.69 Å². The molecule has 1 aliphatic heterocycles. The van der Waals surface area contributed by atoms with Gasteiger partial charge in [-0.2, -0.15) is 11.3 Å². The van der Waals surface area contributed by atoms with Crippen molar-refractivity contribution in [2.45, 2.75) is 51.5 Å². The number of benzene rings is 2. The zero-order valence-electron chi connectivity index (χ0n) is 25.1. The molecule has 4 aromatic rings. The second-order valence-electron chi connectivity index (χ2n) is 12.0. The number of pyridine rings is 1. The summed E-state index contributed by atoms with van der Waals surface area (Å²) in [7, 11) is 2.19. The number of piperazine rings is 1. The van der Waals surface area contributed by atoms with Crippen LogP contribution in [0.5, 0.6) is 0 Å². The molecule has 3 N–H and O–H groups in total. The minimum atomic E-state index is -0.195. The van der Waals surface area contributed by atoms with Gasteiger partial charge in [0.05, 0.1) is 24.3 Å². The van der Waals surface area contributed by atoms with Crippen LogP contribution in [0.2, 0.25) is 0 Å². The molecule has 2 fully saturated rings. The summed E-state index contributed by atoms with van der Waals surface area (Å²) in [4.78, 5) is 22.5. The highest BCUT2D eigenvalue weighted by Crippen LogP contribution is 2.29. The fourth-order valence-electron chi connectivity index (χ4n) is 6.06. The summed E-state index contributed by atoms with van der Waals surface area (Å²) in [6.07, 6.45) is 4.52. The van der Waals surface area contributed by atoms with Crippen LogP contribution in [0.15, 0.2) is 71.6 Å². The lowest BCUT2D eigenvalue weighted by Gasteiger charge is -2.32. The van der Waals surface area contributed by atoms with Crippen LogP contribution < -0.4 is 11.1 Å². The van der Waals surface area contributed by atoms with E-state index in [1.54, 1.807) is 17.5 Å². The topological polar surface area (TPSA) is 83.7 Å². The Balaban J connectivity index is 1.02. The fourth-order valence-corrected chi connectivity index (χ4v) is 6.92. The molecule has 43 heavy (non-hydrogen) atoms. The highest BCUT2D eigenvalue weighted by Gasteiger charge is 2.30. The van der Waals surface area contributed by atoms with Crippen LogP contribution in [-0.4, -0.2) is 66.1 Å². The maximum Gasteiger partial charge on any atom is 0.255 e. The lowest BCUT2D eigenvalue weighted by atomic mass is 10.0. The van der Waals surface area contributed by atoms with Gasteiger partial charge in [-0.25, -0.2) is 4.98 Å². The number of ether oxygens (including phenoxy) is 1. The van der Waals surface area contributed by atoms with E-state index in [4.69, 9.17) is 10.5 Å². The second-order valence-corrected chi connectivity index (χ2v) is 12.7. The van der Waals surface area contributed by atoms with Gasteiger partial charge in [0.2, 0.25) is 0 Å². The summed E-state index contributed by atoms with van der Waals surface area (Å²) in [6.45, 7) is 8.12. The number of carbonyl (C=O) groups is 1. The normalized spacial score (nSPS) is 19.5. The number of nitrogens with two attached hydrogens (primary N) is 1. The van der Waals surface area contributed by atoms with Crippen LogP contribution in [0.1, 0.15) is 46.3 Å². The molecular formula is C35H41N5O2S. The van der Waals surface area contributed by atoms with Gasteiger partial charge in [-0.1, -0.05) is 48.5 Å². The molecule has 1 saturated carbocycles. The number of anilines is 1. The van der Waals surface area contributed by atoms with Gasteiger partial charge >= 0.3 is 0 Å². The molecule has 0 radical (unpaired) electrons. The molecule has 3 heterocycles. The highest BCUT2D eigenvalue weighted by atomic mass is 32.1.